The van der Waals surface area contributed by atoms with Crippen LogP contribution < -0.4 is 14.4 Å². The van der Waals surface area contributed by atoms with Crippen molar-refractivity contribution in [3.63, 3.8) is 0 Å². The van der Waals surface area contributed by atoms with Gasteiger partial charge in [0.1, 0.15) is 23.1 Å². The first-order valence-electron chi connectivity index (χ1n) is 11.4. The molecule has 0 spiro atoms. The Labute approximate surface area is 209 Å². The molecule has 1 aromatic heterocycles. The van der Waals surface area contributed by atoms with Crippen molar-refractivity contribution in [1.82, 2.24) is 4.98 Å². The molecule has 1 unspecified atom stereocenters. The van der Waals surface area contributed by atoms with E-state index >= 15 is 0 Å². The fraction of sp³-hybridized carbons (Fsp3) is 0.296. The number of carboxylic acids is 1. The number of pyridine rings is 1. The minimum absolute atomic E-state index is 0.0618. The number of Topliss-reactive ketones (excluding diaryl/α,β-unsaturated/α-hetero) is 1. The lowest BCUT2D eigenvalue weighted by Crippen LogP contribution is -2.20. The molecule has 1 N–H and O–H groups in total. The van der Waals surface area contributed by atoms with Gasteiger partial charge in [-0.3, -0.25) is 9.59 Å². The topological polar surface area (TPSA) is 89.0 Å². The average molecular weight is 495 g/mol. The molecule has 0 bridgehead atoms. The summed E-state index contributed by atoms with van der Waals surface area (Å²) in [6.07, 6.45) is 4.10. The lowest BCUT2D eigenvalue weighted by atomic mass is 9.93. The number of halogens is 1. The van der Waals surface area contributed by atoms with Crippen LogP contribution in [-0.2, 0) is 11.2 Å². The van der Waals surface area contributed by atoms with Crippen molar-refractivity contribution < 1.29 is 24.2 Å². The molecule has 2 heterocycles. The molecule has 0 fully saturated rings. The number of aromatic nitrogens is 1. The molecule has 0 saturated heterocycles. The number of ketones is 1. The molecule has 1 atom stereocenters. The number of hydrogen-bond acceptors (Lipinski definition) is 6. The highest BCUT2D eigenvalue weighted by Crippen LogP contribution is 2.41. The van der Waals surface area contributed by atoms with Gasteiger partial charge in [-0.2, -0.15) is 0 Å². The van der Waals surface area contributed by atoms with Gasteiger partial charge < -0.3 is 19.5 Å². The molecule has 3 aromatic rings. The molecule has 1 aliphatic heterocycles. The minimum Gasteiger partial charge on any atom is -0.493 e. The molecule has 1 aliphatic rings. The van der Waals surface area contributed by atoms with Crippen LogP contribution in [0.15, 0.2) is 54.7 Å². The van der Waals surface area contributed by atoms with Crippen LogP contribution in [0.5, 0.6) is 17.2 Å². The number of rotatable bonds is 9. The van der Waals surface area contributed by atoms with E-state index in [9.17, 15) is 14.7 Å². The molecule has 8 heteroatoms. The molecule has 35 heavy (non-hydrogen) atoms. The van der Waals surface area contributed by atoms with E-state index in [0.717, 1.165) is 24.2 Å². The maximum absolute atomic E-state index is 12.7. The van der Waals surface area contributed by atoms with Gasteiger partial charge in [-0.25, -0.2) is 4.98 Å². The third-order valence-corrected chi connectivity index (χ3v) is 6.24. The number of carboxylic acid groups (broad SMARTS) is 1. The number of benzene rings is 2. The summed E-state index contributed by atoms with van der Waals surface area (Å²) in [5.74, 6) is 0.767. The zero-order valence-corrected chi connectivity index (χ0v) is 20.4. The Hall–Kier alpha value is -3.58. The summed E-state index contributed by atoms with van der Waals surface area (Å²) in [7, 11) is 3.91. The van der Waals surface area contributed by atoms with Gasteiger partial charge in [-0.15, -0.1) is 0 Å². The molecular weight excluding hydrogens is 468 g/mol. The smallest absolute Gasteiger partial charge is 0.311 e. The zero-order chi connectivity index (χ0) is 24.9. The van der Waals surface area contributed by atoms with Gasteiger partial charge in [0.2, 0.25) is 0 Å². The molecule has 182 valence electrons. The Morgan fingerprint density at radius 2 is 1.97 bits per heavy atom. The average Bonchev–Trinajstić information content (AvgIpc) is 2.84. The van der Waals surface area contributed by atoms with Gasteiger partial charge in [0.15, 0.2) is 5.78 Å². The summed E-state index contributed by atoms with van der Waals surface area (Å²) in [6.45, 7) is 0.319. The van der Waals surface area contributed by atoms with Gasteiger partial charge >= 0.3 is 5.97 Å². The highest BCUT2D eigenvalue weighted by atomic mass is 35.5. The van der Waals surface area contributed by atoms with Gasteiger partial charge in [0.25, 0.3) is 0 Å². The quantitative estimate of drug-likeness (QED) is 0.379. The SMILES string of the molecule is CN(C)c1ncccc1CCCC(=O)c1ccc(Oc2cc3c(cc2Cl)C(C(=O)O)CCO3)cc1. The van der Waals surface area contributed by atoms with Crippen molar-refractivity contribution in [1.29, 1.82) is 0 Å². The van der Waals surface area contributed by atoms with Crippen molar-refractivity contribution in [2.24, 2.45) is 0 Å². The second kappa shape index (κ2) is 10.8. The molecule has 2 aromatic carbocycles. The van der Waals surface area contributed by atoms with E-state index in [1.165, 1.54) is 0 Å². The Bertz CT molecular complexity index is 1230. The van der Waals surface area contributed by atoms with Crippen molar-refractivity contribution in [3.05, 3.63) is 76.4 Å². The van der Waals surface area contributed by atoms with E-state index < -0.39 is 11.9 Å². The predicted octanol–water partition coefficient (Wildman–Crippen LogP) is 5.75. The van der Waals surface area contributed by atoms with Crippen LogP contribution in [0.25, 0.3) is 0 Å². The van der Waals surface area contributed by atoms with E-state index in [1.54, 1.807) is 42.6 Å². The molecule has 0 saturated carbocycles. The summed E-state index contributed by atoms with van der Waals surface area (Å²) >= 11 is 6.37. The van der Waals surface area contributed by atoms with Gasteiger partial charge in [-0.1, -0.05) is 17.7 Å². The Morgan fingerprint density at radius 3 is 2.69 bits per heavy atom. The molecule has 0 amide bonds. The van der Waals surface area contributed by atoms with E-state index in [4.69, 9.17) is 21.1 Å². The zero-order valence-electron chi connectivity index (χ0n) is 19.7. The van der Waals surface area contributed by atoms with Crippen molar-refractivity contribution in [2.45, 2.75) is 31.6 Å². The predicted molar refractivity (Wildman–Crippen MR) is 134 cm³/mol. The molecular formula is C27H27ClN2O5. The largest absolute Gasteiger partial charge is 0.493 e. The van der Waals surface area contributed by atoms with Crippen LogP contribution in [0.2, 0.25) is 5.02 Å². The standard InChI is InChI=1S/C27H27ClN2O5/c1-30(2)26-18(6-4-13-29-26)5-3-7-23(31)17-8-10-19(11-9-17)35-25-16-24-21(15-22(25)28)20(27(32)33)12-14-34-24/h4,6,8-11,13,15-16,20H,3,5,7,12,14H2,1-2H3,(H,32,33). The number of ether oxygens (including phenoxy) is 2. The van der Waals surface area contributed by atoms with E-state index in [0.29, 0.717) is 52.8 Å². The summed E-state index contributed by atoms with van der Waals surface area (Å²) in [5.41, 5.74) is 2.28. The third kappa shape index (κ3) is 5.74. The van der Waals surface area contributed by atoms with Gasteiger partial charge in [0.05, 0.1) is 17.5 Å². The highest BCUT2D eigenvalue weighted by Gasteiger charge is 2.29. The number of nitrogens with zero attached hydrogens (tertiary/aromatic N) is 2. The summed E-state index contributed by atoms with van der Waals surface area (Å²) in [6, 6.07) is 14.1. The minimum atomic E-state index is -0.905. The van der Waals surface area contributed by atoms with E-state index in [2.05, 4.69) is 4.98 Å². The van der Waals surface area contributed by atoms with Crippen molar-refractivity contribution in [3.8, 4) is 17.2 Å². The Morgan fingerprint density at radius 1 is 1.20 bits per heavy atom. The fourth-order valence-electron chi connectivity index (χ4n) is 4.17. The first-order valence-corrected chi connectivity index (χ1v) is 11.8. The Balaban J connectivity index is 1.38. The number of hydrogen-bond donors (Lipinski definition) is 1. The molecule has 7 nitrogen and oxygen atoms in total. The van der Waals surface area contributed by atoms with Crippen molar-refractivity contribution in [2.75, 3.05) is 25.6 Å². The maximum Gasteiger partial charge on any atom is 0.311 e. The van der Waals surface area contributed by atoms with Crippen LogP contribution in [0.4, 0.5) is 5.82 Å². The van der Waals surface area contributed by atoms with Gasteiger partial charge in [0, 0.05) is 43.9 Å². The lowest BCUT2D eigenvalue weighted by Gasteiger charge is -2.24. The Kier molecular flexibility index (Phi) is 7.56. The van der Waals surface area contributed by atoms with E-state index in [1.807, 2.05) is 31.1 Å². The van der Waals surface area contributed by atoms with Crippen molar-refractivity contribution >= 4 is 29.2 Å². The summed E-state index contributed by atoms with van der Waals surface area (Å²) in [5, 5.41) is 9.73. The second-order valence-corrected chi connectivity index (χ2v) is 9.04. The third-order valence-electron chi connectivity index (χ3n) is 5.95. The molecule has 0 aliphatic carbocycles. The van der Waals surface area contributed by atoms with E-state index in [-0.39, 0.29) is 5.78 Å². The number of aryl methyl sites for hydroxylation is 1. The molecule has 0 radical (unpaired) electrons. The first-order chi connectivity index (χ1) is 16.8. The number of carbonyl (C=O) groups is 2. The van der Waals surface area contributed by atoms with Crippen LogP contribution in [0.3, 0.4) is 0 Å². The first kappa shape index (κ1) is 24.5. The number of aliphatic carboxylic acids is 1. The van der Waals surface area contributed by atoms with Crippen LogP contribution in [0, 0.1) is 0 Å². The summed E-state index contributed by atoms with van der Waals surface area (Å²) in [4.78, 5) is 30.6. The number of fused-ring (bicyclic) bond motifs is 1. The maximum atomic E-state index is 12.7. The number of anilines is 1. The number of carbonyl (C=O) groups excluding carboxylic acids is 1. The normalized spacial score (nSPS) is 14.5. The molecule has 4 rings (SSSR count). The highest BCUT2D eigenvalue weighted by molar-refractivity contribution is 6.32. The summed E-state index contributed by atoms with van der Waals surface area (Å²) < 4.78 is 11.5. The van der Waals surface area contributed by atoms with Gasteiger partial charge in [-0.05, 0) is 61.2 Å². The van der Waals surface area contributed by atoms with Crippen LogP contribution >= 0.6 is 11.6 Å². The lowest BCUT2D eigenvalue weighted by molar-refractivity contribution is -0.139. The fourth-order valence-corrected chi connectivity index (χ4v) is 4.38. The van der Waals surface area contributed by atoms with Crippen LogP contribution in [0.1, 0.15) is 46.7 Å². The second-order valence-electron chi connectivity index (χ2n) is 8.63. The van der Waals surface area contributed by atoms with Crippen LogP contribution in [-0.4, -0.2) is 42.5 Å². The monoisotopic (exact) mass is 494 g/mol.